The van der Waals surface area contributed by atoms with E-state index in [1.807, 2.05) is 0 Å². The van der Waals surface area contributed by atoms with Gasteiger partial charge >= 0.3 is 0 Å². The van der Waals surface area contributed by atoms with E-state index >= 15 is 0 Å². The molecular formula is C12H19NO3S2. The molecule has 4 nitrogen and oxygen atoms in total. The molecule has 1 aromatic rings. The molecule has 18 heavy (non-hydrogen) atoms. The Kier molecular flexibility index (Phi) is 4.11. The highest BCUT2D eigenvalue weighted by Crippen LogP contribution is 2.32. The molecular weight excluding hydrogens is 270 g/mol. The van der Waals surface area contributed by atoms with Crippen LogP contribution < -0.4 is 4.72 Å². The van der Waals surface area contributed by atoms with Crippen LogP contribution in [0.25, 0.3) is 0 Å². The number of aliphatic hydroxyl groups is 1. The second kappa shape index (κ2) is 5.28. The summed E-state index contributed by atoms with van der Waals surface area (Å²) in [4.78, 5) is 0.670. The lowest BCUT2D eigenvalue weighted by molar-refractivity contribution is 0.285. The van der Waals surface area contributed by atoms with E-state index in [9.17, 15) is 8.42 Å². The lowest BCUT2D eigenvalue weighted by Gasteiger charge is -2.19. The van der Waals surface area contributed by atoms with Crippen LogP contribution in [0.15, 0.2) is 16.3 Å². The van der Waals surface area contributed by atoms with Gasteiger partial charge in [0.2, 0.25) is 10.0 Å². The van der Waals surface area contributed by atoms with Gasteiger partial charge in [0.1, 0.15) is 4.21 Å². The highest BCUT2D eigenvalue weighted by molar-refractivity contribution is 7.91. The molecule has 2 rings (SSSR count). The molecule has 1 heterocycles. The van der Waals surface area contributed by atoms with Crippen molar-refractivity contribution in [2.45, 2.75) is 43.5 Å². The fraction of sp³-hybridized carbons (Fsp3) is 0.667. The molecule has 0 radical (unpaired) electrons. The molecule has 1 aliphatic carbocycles. The Labute approximate surface area is 112 Å². The topological polar surface area (TPSA) is 66.4 Å². The first-order valence-electron chi connectivity index (χ1n) is 6.16. The van der Waals surface area contributed by atoms with Crippen LogP contribution in [0.5, 0.6) is 0 Å². The molecule has 2 N–H and O–H groups in total. The molecule has 0 aromatic carbocycles. The van der Waals surface area contributed by atoms with Gasteiger partial charge in [-0.05, 0) is 36.8 Å². The van der Waals surface area contributed by atoms with E-state index in [1.165, 1.54) is 0 Å². The van der Waals surface area contributed by atoms with Crippen molar-refractivity contribution >= 4 is 21.4 Å². The molecule has 6 heteroatoms. The van der Waals surface area contributed by atoms with Gasteiger partial charge in [0.05, 0.1) is 6.61 Å². The monoisotopic (exact) mass is 289 g/mol. The summed E-state index contributed by atoms with van der Waals surface area (Å²) in [5.74, 6) is 0.936. The summed E-state index contributed by atoms with van der Waals surface area (Å²) in [6.07, 6.45) is 1.97. The molecule has 1 aliphatic rings. The number of rotatable bonds is 4. The van der Waals surface area contributed by atoms with E-state index in [0.29, 0.717) is 20.9 Å². The fourth-order valence-electron chi connectivity index (χ4n) is 2.38. The van der Waals surface area contributed by atoms with Crippen molar-refractivity contribution in [3.05, 3.63) is 17.0 Å². The van der Waals surface area contributed by atoms with Crippen LogP contribution in [0.1, 0.15) is 31.6 Å². The molecule has 0 saturated heterocycles. The van der Waals surface area contributed by atoms with Gasteiger partial charge < -0.3 is 5.11 Å². The summed E-state index contributed by atoms with van der Waals surface area (Å²) in [7, 11) is -3.43. The van der Waals surface area contributed by atoms with Crippen molar-refractivity contribution in [1.29, 1.82) is 0 Å². The predicted octanol–water partition coefficient (Wildman–Crippen LogP) is 1.95. The average molecular weight is 289 g/mol. The minimum Gasteiger partial charge on any atom is -0.391 e. The Hall–Kier alpha value is -0.430. The van der Waals surface area contributed by atoms with Crippen LogP contribution in [0.4, 0.5) is 0 Å². The number of thiophene rings is 1. The quantitative estimate of drug-likeness (QED) is 0.890. The SMILES string of the molecule is CC1CCC(NS(=O)(=O)c2ccc(CO)s2)C1C. The minimum atomic E-state index is -3.43. The zero-order valence-electron chi connectivity index (χ0n) is 10.6. The Morgan fingerprint density at radius 2 is 2.11 bits per heavy atom. The second-order valence-corrected chi connectivity index (χ2v) is 8.13. The fourth-order valence-corrected chi connectivity index (χ4v) is 4.97. The molecule has 0 spiro atoms. The molecule has 0 bridgehead atoms. The summed E-state index contributed by atoms with van der Waals surface area (Å²) in [5, 5.41) is 8.97. The highest BCUT2D eigenvalue weighted by atomic mass is 32.2. The van der Waals surface area contributed by atoms with Gasteiger partial charge in [-0.3, -0.25) is 0 Å². The van der Waals surface area contributed by atoms with Crippen LogP contribution in [0.2, 0.25) is 0 Å². The second-order valence-electron chi connectivity index (χ2n) is 5.02. The largest absolute Gasteiger partial charge is 0.391 e. The smallest absolute Gasteiger partial charge is 0.250 e. The number of aliphatic hydroxyl groups excluding tert-OH is 1. The summed E-state index contributed by atoms with van der Waals surface area (Å²) >= 11 is 1.12. The maximum atomic E-state index is 12.2. The normalized spacial score (nSPS) is 28.7. The van der Waals surface area contributed by atoms with E-state index in [-0.39, 0.29) is 12.6 Å². The number of nitrogens with one attached hydrogen (secondary N) is 1. The van der Waals surface area contributed by atoms with Gasteiger partial charge in [-0.25, -0.2) is 13.1 Å². The summed E-state index contributed by atoms with van der Waals surface area (Å²) in [6, 6.07) is 3.24. The van der Waals surface area contributed by atoms with Crippen molar-refractivity contribution in [1.82, 2.24) is 4.72 Å². The lowest BCUT2D eigenvalue weighted by atomic mass is 9.98. The zero-order valence-corrected chi connectivity index (χ0v) is 12.2. The van der Waals surface area contributed by atoms with Crippen LogP contribution in [0, 0.1) is 11.8 Å². The first-order chi connectivity index (χ1) is 8.44. The van der Waals surface area contributed by atoms with E-state index in [4.69, 9.17) is 5.11 Å². The first kappa shape index (κ1) is 14.0. The standard InChI is InChI=1S/C12H19NO3S2/c1-8-3-5-11(9(8)2)13-18(15,16)12-6-4-10(7-14)17-12/h4,6,8-9,11,13-14H,3,5,7H2,1-2H3. The molecule has 3 atom stereocenters. The lowest BCUT2D eigenvalue weighted by Crippen LogP contribution is -2.36. The van der Waals surface area contributed by atoms with Crippen molar-refractivity contribution in [3.63, 3.8) is 0 Å². The van der Waals surface area contributed by atoms with E-state index in [1.54, 1.807) is 12.1 Å². The third-order valence-electron chi connectivity index (χ3n) is 3.83. The minimum absolute atomic E-state index is 0.0321. The van der Waals surface area contributed by atoms with Gasteiger partial charge in [0.15, 0.2) is 0 Å². The van der Waals surface area contributed by atoms with Crippen LogP contribution in [0.3, 0.4) is 0 Å². The molecule has 1 saturated carbocycles. The molecule has 102 valence electrons. The molecule has 0 amide bonds. The van der Waals surface area contributed by atoms with Gasteiger partial charge in [-0.15, -0.1) is 11.3 Å². The summed E-state index contributed by atoms with van der Waals surface area (Å²) < 4.78 is 27.5. The maximum Gasteiger partial charge on any atom is 0.250 e. The Morgan fingerprint density at radius 3 is 2.61 bits per heavy atom. The van der Waals surface area contributed by atoms with E-state index in [2.05, 4.69) is 18.6 Å². The van der Waals surface area contributed by atoms with Gasteiger partial charge in [-0.1, -0.05) is 13.8 Å². The van der Waals surface area contributed by atoms with Crippen LogP contribution in [-0.4, -0.2) is 19.6 Å². The number of hydrogen-bond acceptors (Lipinski definition) is 4. The predicted molar refractivity (Wildman–Crippen MR) is 71.9 cm³/mol. The summed E-state index contributed by atoms with van der Waals surface area (Å²) in [5.41, 5.74) is 0. The van der Waals surface area contributed by atoms with Crippen LogP contribution >= 0.6 is 11.3 Å². The maximum absolute atomic E-state index is 12.2. The highest BCUT2D eigenvalue weighted by Gasteiger charge is 2.33. The molecule has 1 aromatic heterocycles. The third-order valence-corrected chi connectivity index (χ3v) is 6.88. The van der Waals surface area contributed by atoms with Gasteiger partial charge in [0.25, 0.3) is 0 Å². The number of sulfonamides is 1. The van der Waals surface area contributed by atoms with Gasteiger partial charge in [0, 0.05) is 10.9 Å². The Morgan fingerprint density at radius 1 is 1.39 bits per heavy atom. The van der Waals surface area contributed by atoms with Crippen molar-refractivity contribution in [2.75, 3.05) is 0 Å². The van der Waals surface area contributed by atoms with Crippen molar-refractivity contribution < 1.29 is 13.5 Å². The third kappa shape index (κ3) is 2.77. The van der Waals surface area contributed by atoms with E-state index in [0.717, 1.165) is 24.2 Å². The number of hydrogen-bond donors (Lipinski definition) is 2. The van der Waals surface area contributed by atoms with Gasteiger partial charge in [-0.2, -0.15) is 0 Å². The Balaban J connectivity index is 2.12. The molecule has 0 aliphatic heterocycles. The van der Waals surface area contributed by atoms with Crippen LogP contribution in [-0.2, 0) is 16.6 Å². The Bertz CT molecular complexity index is 509. The average Bonchev–Trinajstić information content (AvgIpc) is 2.91. The van der Waals surface area contributed by atoms with E-state index < -0.39 is 10.0 Å². The first-order valence-corrected chi connectivity index (χ1v) is 8.46. The zero-order chi connectivity index (χ0) is 13.3. The van der Waals surface area contributed by atoms with Crippen molar-refractivity contribution in [2.24, 2.45) is 11.8 Å². The molecule has 1 fully saturated rings. The van der Waals surface area contributed by atoms with Crippen molar-refractivity contribution in [3.8, 4) is 0 Å². The molecule has 3 unspecified atom stereocenters. The summed E-state index contributed by atoms with van der Waals surface area (Å²) in [6.45, 7) is 4.14.